The van der Waals surface area contributed by atoms with Gasteiger partial charge < -0.3 is 10.2 Å². The first kappa shape index (κ1) is 15.8. The van der Waals surface area contributed by atoms with Crippen molar-refractivity contribution in [3.05, 3.63) is 34.9 Å². The first-order valence-corrected chi connectivity index (χ1v) is 5.14. The Hall–Kier alpha value is -1.28. The summed E-state index contributed by atoms with van der Waals surface area (Å²) < 4.78 is 74.9. The van der Waals surface area contributed by atoms with Crippen LogP contribution in [0.1, 0.15) is 29.2 Å². The van der Waals surface area contributed by atoms with E-state index in [1.807, 2.05) is 0 Å². The molecule has 19 heavy (non-hydrogen) atoms. The summed E-state index contributed by atoms with van der Waals surface area (Å²) in [6, 6.07) is 0.861. The number of alkyl halides is 6. The zero-order chi connectivity index (χ0) is 14.8. The van der Waals surface area contributed by atoms with Crippen molar-refractivity contribution in [2.75, 3.05) is 6.61 Å². The first-order valence-electron chi connectivity index (χ1n) is 5.14. The molecule has 2 N–H and O–H groups in total. The highest BCUT2D eigenvalue weighted by molar-refractivity contribution is 5.34. The Labute approximate surface area is 104 Å². The smallest absolute Gasteiger partial charge is 0.396 e. The molecule has 0 aromatic heterocycles. The predicted octanol–water partition coefficient (Wildman–Crippen LogP) is 3.14. The Bertz CT molecular complexity index is 406. The number of hydrogen-bond acceptors (Lipinski definition) is 2. The molecule has 0 saturated carbocycles. The quantitative estimate of drug-likeness (QED) is 0.839. The summed E-state index contributed by atoms with van der Waals surface area (Å²) in [7, 11) is 0. The monoisotopic (exact) mass is 288 g/mol. The molecule has 0 radical (unpaired) electrons. The van der Waals surface area contributed by atoms with Gasteiger partial charge in [0.05, 0.1) is 17.2 Å². The lowest BCUT2D eigenvalue weighted by Crippen LogP contribution is -2.13. The van der Waals surface area contributed by atoms with Crippen molar-refractivity contribution in [3.63, 3.8) is 0 Å². The molecule has 1 rings (SSSR count). The molecule has 1 aromatic carbocycles. The van der Waals surface area contributed by atoms with Gasteiger partial charge >= 0.3 is 12.4 Å². The Morgan fingerprint density at radius 3 is 1.63 bits per heavy atom. The molecule has 0 amide bonds. The van der Waals surface area contributed by atoms with Crippen LogP contribution in [-0.2, 0) is 12.4 Å². The average Bonchev–Trinajstić information content (AvgIpc) is 2.26. The second-order valence-electron chi connectivity index (χ2n) is 3.87. The van der Waals surface area contributed by atoms with Crippen LogP contribution < -0.4 is 0 Å². The fraction of sp³-hybridized carbons (Fsp3) is 0.455. The highest BCUT2D eigenvalue weighted by atomic mass is 19.4. The molecule has 1 unspecified atom stereocenters. The lowest BCUT2D eigenvalue weighted by Gasteiger charge is -2.16. The summed E-state index contributed by atoms with van der Waals surface area (Å²) in [6.07, 6.45) is -11.8. The van der Waals surface area contributed by atoms with E-state index in [-0.39, 0.29) is 12.5 Å². The van der Waals surface area contributed by atoms with E-state index in [1.165, 1.54) is 0 Å². The van der Waals surface area contributed by atoms with Crippen LogP contribution in [-0.4, -0.2) is 16.8 Å². The standard InChI is InChI=1S/C11H10F6O2/c12-10(13,14)7-3-6(9(19)1-2-18)4-8(5-7)11(15,16)17/h3-5,9,18-19H,1-2H2. The molecule has 8 heteroatoms. The Morgan fingerprint density at radius 2 is 1.32 bits per heavy atom. The third-order valence-electron chi connectivity index (χ3n) is 2.40. The molecule has 2 nitrogen and oxygen atoms in total. The van der Waals surface area contributed by atoms with Crippen molar-refractivity contribution < 1.29 is 36.6 Å². The maximum atomic E-state index is 12.5. The van der Waals surface area contributed by atoms with Crippen molar-refractivity contribution in [1.29, 1.82) is 0 Å². The van der Waals surface area contributed by atoms with Crippen molar-refractivity contribution in [2.24, 2.45) is 0 Å². The molecule has 0 aliphatic carbocycles. The third-order valence-corrected chi connectivity index (χ3v) is 2.40. The molecule has 0 fully saturated rings. The van der Waals surface area contributed by atoms with E-state index < -0.39 is 41.8 Å². The molecule has 0 spiro atoms. The van der Waals surface area contributed by atoms with Crippen molar-refractivity contribution in [2.45, 2.75) is 24.9 Å². The van der Waals surface area contributed by atoms with Crippen molar-refractivity contribution in [1.82, 2.24) is 0 Å². The molecule has 0 aliphatic rings. The molecule has 0 bridgehead atoms. The number of aliphatic hydroxyl groups is 2. The van der Waals surface area contributed by atoms with E-state index in [0.717, 1.165) is 0 Å². The summed E-state index contributed by atoms with van der Waals surface area (Å²) in [6.45, 7) is -0.557. The molecular weight excluding hydrogens is 278 g/mol. The van der Waals surface area contributed by atoms with Crippen LogP contribution >= 0.6 is 0 Å². The average molecular weight is 288 g/mol. The fourth-order valence-corrected chi connectivity index (χ4v) is 1.46. The zero-order valence-corrected chi connectivity index (χ0v) is 9.39. The second kappa shape index (κ2) is 5.38. The summed E-state index contributed by atoms with van der Waals surface area (Å²) in [5.41, 5.74) is -3.51. The Morgan fingerprint density at radius 1 is 0.895 bits per heavy atom. The summed E-state index contributed by atoms with van der Waals surface area (Å²) in [5.74, 6) is 0. The highest BCUT2D eigenvalue weighted by Crippen LogP contribution is 2.37. The largest absolute Gasteiger partial charge is 0.416 e. The fourth-order valence-electron chi connectivity index (χ4n) is 1.46. The SMILES string of the molecule is OCCC(O)c1cc(C(F)(F)F)cc(C(F)(F)F)c1. The lowest BCUT2D eigenvalue weighted by molar-refractivity contribution is -0.143. The van der Waals surface area contributed by atoms with Crippen molar-refractivity contribution in [3.8, 4) is 0 Å². The van der Waals surface area contributed by atoms with Gasteiger partial charge in [-0.25, -0.2) is 0 Å². The van der Waals surface area contributed by atoms with Crippen LogP contribution in [0.5, 0.6) is 0 Å². The van der Waals surface area contributed by atoms with E-state index in [9.17, 15) is 31.4 Å². The second-order valence-corrected chi connectivity index (χ2v) is 3.87. The maximum absolute atomic E-state index is 12.5. The Balaban J connectivity index is 3.33. The van der Waals surface area contributed by atoms with Crippen LogP contribution in [0.3, 0.4) is 0 Å². The van der Waals surface area contributed by atoms with Gasteiger partial charge in [-0.2, -0.15) is 26.3 Å². The number of aliphatic hydroxyl groups excluding tert-OH is 2. The first-order chi connectivity index (χ1) is 8.55. The van der Waals surface area contributed by atoms with Crippen LogP contribution in [0.25, 0.3) is 0 Å². The van der Waals surface area contributed by atoms with E-state index in [0.29, 0.717) is 12.1 Å². The van der Waals surface area contributed by atoms with Gasteiger partial charge in [0.1, 0.15) is 0 Å². The van der Waals surface area contributed by atoms with Gasteiger partial charge in [0.15, 0.2) is 0 Å². The third kappa shape index (κ3) is 4.10. The summed E-state index contributed by atoms with van der Waals surface area (Å²) in [5, 5.41) is 18.0. The van der Waals surface area contributed by atoms with Crippen LogP contribution in [0, 0.1) is 0 Å². The normalized spacial score (nSPS) is 14.5. The lowest BCUT2D eigenvalue weighted by atomic mass is 9.99. The van der Waals surface area contributed by atoms with E-state index in [2.05, 4.69) is 0 Å². The molecule has 0 aliphatic heterocycles. The molecular formula is C11H10F6O2. The minimum Gasteiger partial charge on any atom is -0.396 e. The minimum atomic E-state index is -4.95. The maximum Gasteiger partial charge on any atom is 0.416 e. The molecule has 0 saturated heterocycles. The van der Waals surface area contributed by atoms with E-state index in [1.54, 1.807) is 0 Å². The van der Waals surface area contributed by atoms with Crippen LogP contribution in [0.4, 0.5) is 26.3 Å². The van der Waals surface area contributed by atoms with Gasteiger partial charge in [-0.1, -0.05) is 0 Å². The number of hydrogen-bond donors (Lipinski definition) is 2. The van der Waals surface area contributed by atoms with E-state index in [4.69, 9.17) is 5.11 Å². The minimum absolute atomic E-state index is 0.0187. The molecule has 0 heterocycles. The number of benzene rings is 1. The zero-order valence-electron chi connectivity index (χ0n) is 9.39. The van der Waals surface area contributed by atoms with Gasteiger partial charge in [0, 0.05) is 13.0 Å². The van der Waals surface area contributed by atoms with Gasteiger partial charge in [0.25, 0.3) is 0 Å². The molecule has 108 valence electrons. The van der Waals surface area contributed by atoms with Gasteiger partial charge in [0.2, 0.25) is 0 Å². The highest BCUT2D eigenvalue weighted by Gasteiger charge is 2.37. The summed E-state index contributed by atoms with van der Waals surface area (Å²) in [4.78, 5) is 0. The molecule has 1 atom stereocenters. The van der Waals surface area contributed by atoms with Gasteiger partial charge in [-0.3, -0.25) is 0 Å². The Kier molecular flexibility index (Phi) is 4.46. The summed E-state index contributed by atoms with van der Waals surface area (Å²) >= 11 is 0. The van der Waals surface area contributed by atoms with Gasteiger partial charge in [-0.15, -0.1) is 0 Å². The number of halogens is 6. The van der Waals surface area contributed by atoms with E-state index >= 15 is 0 Å². The molecule has 1 aromatic rings. The number of rotatable bonds is 3. The van der Waals surface area contributed by atoms with Crippen LogP contribution in [0.2, 0.25) is 0 Å². The van der Waals surface area contributed by atoms with Gasteiger partial charge in [-0.05, 0) is 23.8 Å². The van der Waals surface area contributed by atoms with Crippen molar-refractivity contribution >= 4 is 0 Å². The van der Waals surface area contributed by atoms with Crippen LogP contribution in [0.15, 0.2) is 18.2 Å². The predicted molar refractivity (Wildman–Crippen MR) is 53.1 cm³/mol. The topological polar surface area (TPSA) is 40.5 Å².